The minimum Gasteiger partial charge on any atom is -0.484 e. The lowest BCUT2D eigenvalue weighted by Gasteiger charge is -2.11. The predicted molar refractivity (Wildman–Crippen MR) is 67.9 cm³/mol. The highest BCUT2D eigenvalue weighted by molar-refractivity contribution is 5.77. The first kappa shape index (κ1) is 13.5. The van der Waals surface area contributed by atoms with Crippen LogP contribution in [0.25, 0.3) is 0 Å². The molecule has 0 heterocycles. The molecule has 3 N–H and O–H groups in total. The fraction of sp³-hybridized carbons (Fsp3) is 0.462. The summed E-state index contributed by atoms with van der Waals surface area (Å²) < 4.78 is 5.37. The van der Waals surface area contributed by atoms with Crippen LogP contribution in [0, 0.1) is 12.8 Å². The number of hydrogen-bond donors (Lipinski definition) is 2. The first-order chi connectivity index (χ1) is 8.11. The van der Waals surface area contributed by atoms with Gasteiger partial charge in [-0.3, -0.25) is 4.79 Å². The molecule has 1 aromatic carbocycles. The van der Waals surface area contributed by atoms with Gasteiger partial charge in [0.1, 0.15) is 5.75 Å². The van der Waals surface area contributed by atoms with Crippen molar-refractivity contribution in [1.29, 1.82) is 0 Å². The van der Waals surface area contributed by atoms with Gasteiger partial charge >= 0.3 is 0 Å². The molecule has 1 unspecified atom stereocenters. The maximum atomic E-state index is 11.4. The minimum atomic E-state index is -0.119. The topological polar surface area (TPSA) is 64.3 Å². The van der Waals surface area contributed by atoms with Gasteiger partial charge in [0.2, 0.25) is 0 Å². The summed E-state index contributed by atoms with van der Waals surface area (Å²) in [6.07, 6.45) is 0. The van der Waals surface area contributed by atoms with Crippen molar-refractivity contribution in [3.05, 3.63) is 29.8 Å². The predicted octanol–water partition coefficient (Wildman–Crippen LogP) is 1.08. The zero-order chi connectivity index (χ0) is 12.7. The lowest BCUT2D eigenvalue weighted by atomic mass is 10.2. The number of nitrogens with one attached hydrogen (secondary N) is 1. The van der Waals surface area contributed by atoms with E-state index in [1.54, 1.807) is 0 Å². The van der Waals surface area contributed by atoms with Crippen LogP contribution >= 0.6 is 0 Å². The molecule has 0 spiro atoms. The first-order valence-electron chi connectivity index (χ1n) is 5.78. The van der Waals surface area contributed by atoms with Crippen molar-refractivity contribution < 1.29 is 9.53 Å². The van der Waals surface area contributed by atoms with Gasteiger partial charge < -0.3 is 15.8 Å². The van der Waals surface area contributed by atoms with Gasteiger partial charge in [0.25, 0.3) is 5.91 Å². The number of carbonyl (C=O) groups excluding carboxylic acids is 1. The van der Waals surface area contributed by atoms with Gasteiger partial charge in [0, 0.05) is 6.54 Å². The number of nitrogens with two attached hydrogens (primary N) is 1. The van der Waals surface area contributed by atoms with E-state index >= 15 is 0 Å². The summed E-state index contributed by atoms with van der Waals surface area (Å²) in [6, 6.07) is 7.62. The Hall–Kier alpha value is -1.55. The number of ether oxygens (including phenoxy) is 1. The molecule has 0 saturated heterocycles. The van der Waals surface area contributed by atoms with Crippen molar-refractivity contribution in [3.8, 4) is 5.75 Å². The van der Waals surface area contributed by atoms with Crippen LogP contribution in [0.2, 0.25) is 0 Å². The first-order valence-corrected chi connectivity index (χ1v) is 5.78. The van der Waals surface area contributed by atoms with E-state index in [4.69, 9.17) is 10.5 Å². The van der Waals surface area contributed by atoms with E-state index < -0.39 is 0 Å². The molecule has 1 amide bonds. The van der Waals surface area contributed by atoms with Crippen LogP contribution in [-0.2, 0) is 4.79 Å². The van der Waals surface area contributed by atoms with Crippen LogP contribution in [0.4, 0.5) is 0 Å². The Morgan fingerprint density at radius 1 is 1.53 bits per heavy atom. The normalized spacial score (nSPS) is 11.9. The van der Waals surface area contributed by atoms with Gasteiger partial charge in [-0.25, -0.2) is 0 Å². The second kappa shape index (κ2) is 6.91. The number of rotatable bonds is 6. The Labute approximate surface area is 102 Å². The summed E-state index contributed by atoms with van der Waals surface area (Å²) in [4.78, 5) is 11.4. The third kappa shape index (κ3) is 5.36. The highest BCUT2D eigenvalue weighted by Gasteiger charge is 2.04. The molecule has 4 nitrogen and oxygen atoms in total. The van der Waals surface area contributed by atoms with Crippen molar-refractivity contribution in [2.75, 3.05) is 19.7 Å². The Morgan fingerprint density at radius 3 is 2.94 bits per heavy atom. The summed E-state index contributed by atoms with van der Waals surface area (Å²) in [7, 11) is 0. The van der Waals surface area contributed by atoms with E-state index in [0.29, 0.717) is 18.8 Å². The van der Waals surface area contributed by atoms with E-state index in [-0.39, 0.29) is 18.4 Å². The van der Waals surface area contributed by atoms with E-state index in [0.717, 1.165) is 5.56 Å². The molecule has 0 aliphatic heterocycles. The highest BCUT2D eigenvalue weighted by atomic mass is 16.5. The van der Waals surface area contributed by atoms with Gasteiger partial charge in [0.05, 0.1) is 0 Å². The Morgan fingerprint density at radius 2 is 2.29 bits per heavy atom. The van der Waals surface area contributed by atoms with Gasteiger partial charge in [-0.2, -0.15) is 0 Å². The Kier molecular flexibility index (Phi) is 5.49. The van der Waals surface area contributed by atoms with Crippen LogP contribution in [0.5, 0.6) is 5.75 Å². The molecular formula is C13H20N2O2. The third-order valence-corrected chi connectivity index (χ3v) is 2.41. The van der Waals surface area contributed by atoms with Crippen LogP contribution in [0.15, 0.2) is 24.3 Å². The average molecular weight is 236 g/mol. The maximum Gasteiger partial charge on any atom is 0.257 e. The molecule has 0 bridgehead atoms. The lowest BCUT2D eigenvalue weighted by molar-refractivity contribution is -0.123. The van der Waals surface area contributed by atoms with E-state index in [2.05, 4.69) is 5.32 Å². The van der Waals surface area contributed by atoms with Crippen molar-refractivity contribution >= 4 is 5.91 Å². The average Bonchev–Trinajstić information content (AvgIpc) is 2.33. The molecule has 0 aliphatic carbocycles. The van der Waals surface area contributed by atoms with Crippen molar-refractivity contribution in [2.24, 2.45) is 11.7 Å². The number of benzene rings is 1. The second-order valence-electron chi connectivity index (χ2n) is 4.25. The van der Waals surface area contributed by atoms with Crippen LogP contribution in [0.3, 0.4) is 0 Å². The van der Waals surface area contributed by atoms with Crippen molar-refractivity contribution in [2.45, 2.75) is 13.8 Å². The highest BCUT2D eigenvalue weighted by Crippen LogP contribution is 2.11. The van der Waals surface area contributed by atoms with E-state index in [9.17, 15) is 4.79 Å². The number of amides is 1. The summed E-state index contributed by atoms with van der Waals surface area (Å²) in [5, 5.41) is 2.77. The third-order valence-electron chi connectivity index (χ3n) is 2.41. The second-order valence-corrected chi connectivity index (χ2v) is 4.25. The quantitative estimate of drug-likeness (QED) is 0.777. The Bertz CT molecular complexity index is 366. The largest absolute Gasteiger partial charge is 0.484 e. The summed E-state index contributed by atoms with van der Waals surface area (Å²) >= 11 is 0. The van der Waals surface area contributed by atoms with Crippen molar-refractivity contribution in [1.82, 2.24) is 5.32 Å². The molecule has 94 valence electrons. The van der Waals surface area contributed by atoms with Crippen LogP contribution < -0.4 is 15.8 Å². The molecule has 17 heavy (non-hydrogen) atoms. The van der Waals surface area contributed by atoms with Gasteiger partial charge in [-0.1, -0.05) is 19.1 Å². The zero-order valence-electron chi connectivity index (χ0n) is 10.4. The van der Waals surface area contributed by atoms with Crippen LogP contribution in [0.1, 0.15) is 12.5 Å². The zero-order valence-corrected chi connectivity index (χ0v) is 10.4. The fourth-order valence-electron chi connectivity index (χ4n) is 1.28. The lowest BCUT2D eigenvalue weighted by Crippen LogP contribution is -2.34. The van der Waals surface area contributed by atoms with Gasteiger partial charge in [-0.05, 0) is 37.1 Å². The summed E-state index contributed by atoms with van der Waals surface area (Å²) in [5.41, 5.74) is 6.57. The van der Waals surface area contributed by atoms with Crippen LogP contribution in [-0.4, -0.2) is 25.6 Å². The monoisotopic (exact) mass is 236 g/mol. The molecule has 0 fully saturated rings. The number of carbonyl (C=O) groups is 1. The fourth-order valence-corrected chi connectivity index (χ4v) is 1.28. The smallest absolute Gasteiger partial charge is 0.257 e. The summed E-state index contributed by atoms with van der Waals surface area (Å²) in [5.74, 6) is 0.886. The molecule has 1 aromatic rings. The molecule has 0 aliphatic rings. The number of hydrogen-bond acceptors (Lipinski definition) is 3. The molecular weight excluding hydrogens is 216 g/mol. The minimum absolute atomic E-state index is 0.0424. The number of aryl methyl sites for hydroxylation is 1. The SMILES string of the molecule is Cc1cccc(OCC(=O)NCC(C)CN)c1. The van der Waals surface area contributed by atoms with E-state index in [1.807, 2.05) is 38.1 Å². The van der Waals surface area contributed by atoms with Gasteiger partial charge in [0.15, 0.2) is 6.61 Å². The summed E-state index contributed by atoms with van der Waals surface area (Å²) in [6.45, 7) is 5.17. The molecule has 0 aromatic heterocycles. The molecule has 4 heteroatoms. The van der Waals surface area contributed by atoms with Gasteiger partial charge in [-0.15, -0.1) is 0 Å². The van der Waals surface area contributed by atoms with Crippen molar-refractivity contribution in [3.63, 3.8) is 0 Å². The standard InChI is InChI=1S/C13H20N2O2/c1-10-4-3-5-12(6-10)17-9-13(16)15-8-11(2)7-14/h3-6,11H,7-9,14H2,1-2H3,(H,15,16). The molecule has 0 radical (unpaired) electrons. The Balaban J connectivity index is 2.28. The molecule has 1 rings (SSSR count). The molecule has 1 atom stereocenters. The molecule has 0 saturated carbocycles. The van der Waals surface area contributed by atoms with E-state index in [1.165, 1.54) is 0 Å². The maximum absolute atomic E-state index is 11.4.